The fourth-order valence-corrected chi connectivity index (χ4v) is 3.51. The summed E-state index contributed by atoms with van der Waals surface area (Å²) in [5, 5.41) is 1.19. The molecule has 0 saturated heterocycles. The molecule has 0 atom stereocenters. The van der Waals surface area contributed by atoms with Crippen LogP contribution in [0.4, 0.5) is 0 Å². The highest BCUT2D eigenvalue weighted by Gasteiger charge is 2.18. The first-order valence-corrected chi connectivity index (χ1v) is 9.13. The van der Waals surface area contributed by atoms with Gasteiger partial charge in [0.25, 0.3) is 0 Å². The van der Waals surface area contributed by atoms with E-state index >= 15 is 0 Å². The van der Waals surface area contributed by atoms with Gasteiger partial charge < -0.3 is 9.47 Å². The molecule has 4 rings (SSSR count). The number of rotatable bonds is 4. The second-order valence-electron chi connectivity index (χ2n) is 6.89. The first-order chi connectivity index (χ1) is 12.7. The number of nitrogens with zero attached hydrogens (tertiary/aromatic N) is 2. The molecule has 4 nitrogen and oxygen atoms in total. The minimum Gasteiger partial charge on any atom is -0.492 e. The molecular weight excluding hydrogens is 324 g/mol. The zero-order valence-electron chi connectivity index (χ0n) is 15.4. The Hall–Kier alpha value is -2.59. The van der Waals surface area contributed by atoms with Crippen molar-refractivity contribution in [3.05, 3.63) is 65.2 Å². The molecule has 0 N–H and O–H groups in total. The monoisotopic (exact) mass is 348 g/mol. The van der Waals surface area contributed by atoms with Crippen LogP contribution in [-0.4, -0.2) is 36.2 Å². The van der Waals surface area contributed by atoms with Crippen molar-refractivity contribution in [2.45, 2.75) is 20.4 Å². The van der Waals surface area contributed by atoms with Gasteiger partial charge in [-0.25, -0.2) is 4.98 Å². The van der Waals surface area contributed by atoms with Crippen LogP contribution in [0.5, 0.6) is 11.6 Å². The van der Waals surface area contributed by atoms with Crippen molar-refractivity contribution in [1.82, 2.24) is 9.88 Å². The fourth-order valence-electron chi connectivity index (χ4n) is 3.51. The van der Waals surface area contributed by atoms with E-state index in [0.29, 0.717) is 13.2 Å². The molecule has 4 heteroatoms. The van der Waals surface area contributed by atoms with Crippen molar-refractivity contribution < 1.29 is 9.47 Å². The normalized spacial score (nSPS) is 14.5. The van der Waals surface area contributed by atoms with Gasteiger partial charge in [-0.3, -0.25) is 4.90 Å². The van der Waals surface area contributed by atoms with E-state index in [9.17, 15) is 0 Å². The SMILES string of the molecule is Cc1cc(C)c2nc3c(cc2c1)CN(CCOc1ccccc1)CCO3. The van der Waals surface area contributed by atoms with Crippen molar-refractivity contribution >= 4 is 10.9 Å². The summed E-state index contributed by atoms with van der Waals surface area (Å²) in [6.45, 7) is 8.13. The van der Waals surface area contributed by atoms with Crippen molar-refractivity contribution in [2.75, 3.05) is 26.3 Å². The molecule has 0 radical (unpaired) electrons. The maximum absolute atomic E-state index is 5.94. The van der Waals surface area contributed by atoms with Crippen LogP contribution in [0.2, 0.25) is 0 Å². The van der Waals surface area contributed by atoms with E-state index in [1.54, 1.807) is 0 Å². The second kappa shape index (κ2) is 7.34. The zero-order chi connectivity index (χ0) is 17.9. The molecule has 1 aromatic heterocycles. The van der Waals surface area contributed by atoms with E-state index in [1.807, 2.05) is 30.3 Å². The molecule has 0 unspecified atom stereocenters. The molecule has 26 heavy (non-hydrogen) atoms. The average Bonchev–Trinajstić information content (AvgIpc) is 2.82. The lowest BCUT2D eigenvalue weighted by Crippen LogP contribution is -2.30. The van der Waals surface area contributed by atoms with Gasteiger partial charge in [-0.05, 0) is 43.7 Å². The lowest BCUT2D eigenvalue weighted by Gasteiger charge is -2.19. The van der Waals surface area contributed by atoms with Crippen molar-refractivity contribution in [3.8, 4) is 11.6 Å². The summed E-state index contributed by atoms with van der Waals surface area (Å²) in [6, 6.07) is 16.6. The number of hydrogen-bond donors (Lipinski definition) is 0. The molecule has 0 aliphatic carbocycles. The Morgan fingerprint density at radius 3 is 2.81 bits per heavy atom. The Morgan fingerprint density at radius 1 is 1.12 bits per heavy atom. The van der Waals surface area contributed by atoms with E-state index in [2.05, 4.69) is 36.9 Å². The molecule has 0 spiro atoms. The molecule has 1 aliphatic rings. The molecule has 0 fully saturated rings. The molecule has 0 saturated carbocycles. The molecular formula is C22H24N2O2. The Morgan fingerprint density at radius 2 is 1.96 bits per heavy atom. The van der Waals surface area contributed by atoms with Crippen LogP contribution in [0.15, 0.2) is 48.5 Å². The van der Waals surface area contributed by atoms with Gasteiger partial charge in [0.1, 0.15) is 19.0 Å². The minimum atomic E-state index is 0.655. The third-order valence-electron chi connectivity index (χ3n) is 4.75. The molecule has 2 heterocycles. The van der Waals surface area contributed by atoms with Crippen LogP contribution in [0.25, 0.3) is 10.9 Å². The number of pyridine rings is 1. The number of fused-ring (bicyclic) bond motifs is 2. The topological polar surface area (TPSA) is 34.6 Å². The summed E-state index contributed by atoms with van der Waals surface area (Å²) in [6.07, 6.45) is 0. The highest BCUT2D eigenvalue weighted by molar-refractivity contribution is 5.84. The highest BCUT2D eigenvalue weighted by atomic mass is 16.5. The van der Waals surface area contributed by atoms with Gasteiger partial charge >= 0.3 is 0 Å². The van der Waals surface area contributed by atoms with E-state index in [1.165, 1.54) is 16.5 Å². The van der Waals surface area contributed by atoms with E-state index in [4.69, 9.17) is 14.5 Å². The van der Waals surface area contributed by atoms with E-state index in [0.717, 1.165) is 42.3 Å². The van der Waals surface area contributed by atoms with Crippen LogP contribution < -0.4 is 9.47 Å². The second-order valence-corrected chi connectivity index (χ2v) is 6.89. The minimum absolute atomic E-state index is 0.655. The van der Waals surface area contributed by atoms with Gasteiger partial charge in [-0.15, -0.1) is 0 Å². The Bertz CT molecular complexity index is 909. The van der Waals surface area contributed by atoms with Crippen molar-refractivity contribution in [3.63, 3.8) is 0 Å². The Kier molecular flexibility index (Phi) is 4.76. The van der Waals surface area contributed by atoms with Crippen LogP contribution in [-0.2, 0) is 6.54 Å². The predicted molar refractivity (Wildman–Crippen MR) is 104 cm³/mol. The van der Waals surface area contributed by atoms with Crippen molar-refractivity contribution in [1.29, 1.82) is 0 Å². The molecule has 0 amide bonds. The standard InChI is InChI=1S/C22H24N2O2/c1-16-12-17(2)21-18(13-16)14-19-15-24(9-11-26-22(19)23-21)8-10-25-20-6-4-3-5-7-20/h3-7,12-14H,8-11,15H2,1-2H3. The fraction of sp³-hybridized carbons (Fsp3) is 0.318. The van der Waals surface area contributed by atoms with Crippen LogP contribution >= 0.6 is 0 Å². The van der Waals surface area contributed by atoms with Gasteiger partial charge in [0.15, 0.2) is 0 Å². The third-order valence-corrected chi connectivity index (χ3v) is 4.75. The Labute approximate surface area is 154 Å². The van der Waals surface area contributed by atoms with Crippen molar-refractivity contribution in [2.24, 2.45) is 0 Å². The lowest BCUT2D eigenvalue weighted by atomic mass is 10.0. The van der Waals surface area contributed by atoms with Crippen LogP contribution in [0, 0.1) is 13.8 Å². The van der Waals surface area contributed by atoms with Gasteiger partial charge in [-0.1, -0.05) is 29.8 Å². The molecule has 134 valence electrons. The van der Waals surface area contributed by atoms with Crippen LogP contribution in [0.1, 0.15) is 16.7 Å². The maximum atomic E-state index is 5.94. The highest BCUT2D eigenvalue weighted by Crippen LogP contribution is 2.28. The third kappa shape index (κ3) is 3.65. The summed E-state index contributed by atoms with van der Waals surface area (Å²) in [5.74, 6) is 1.69. The van der Waals surface area contributed by atoms with Gasteiger partial charge in [0, 0.05) is 30.6 Å². The number of benzene rings is 2. The zero-order valence-corrected chi connectivity index (χ0v) is 15.4. The summed E-state index contributed by atoms with van der Waals surface area (Å²) in [4.78, 5) is 7.16. The first kappa shape index (κ1) is 16.9. The predicted octanol–water partition coefficient (Wildman–Crippen LogP) is 4.13. The number of aromatic nitrogens is 1. The number of ether oxygens (including phenoxy) is 2. The first-order valence-electron chi connectivity index (χ1n) is 9.13. The quantitative estimate of drug-likeness (QED) is 0.710. The van der Waals surface area contributed by atoms with E-state index < -0.39 is 0 Å². The van der Waals surface area contributed by atoms with E-state index in [-0.39, 0.29) is 0 Å². The summed E-state index contributed by atoms with van der Waals surface area (Å²) in [5.41, 5.74) is 4.65. The van der Waals surface area contributed by atoms with Gasteiger partial charge in [0.2, 0.25) is 5.88 Å². The summed E-state index contributed by atoms with van der Waals surface area (Å²) in [7, 11) is 0. The average molecular weight is 348 g/mol. The summed E-state index contributed by atoms with van der Waals surface area (Å²) >= 11 is 0. The molecule has 2 aromatic carbocycles. The summed E-state index contributed by atoms with van der Waals surface area (Å²) < 4.78 is 11.8. The smallest absolute Gasteiger partial charge is 0.218 e. The number of hydrogen-bond acceptors (Lipinski definition) is 4. The van der Waals surface area contributed by atoms with Gasteiger partial charge in [-0.2, -0.15) is 0 Å². The largest absolute Gasteiger partial charge is 0.492 e. The lowest BCUT2D eigenvalue weighted by molar-refractivity contribution is 0.185. The maximum Gasteiger partial charge on any atom is 0.218 e. The number of para-hydroxylation sites is 1. The Balaban J connectivity index is 1.49. The number of aryl methyl sites for hydroxylation is 2. The van der Waals surface area contributed by atoms with Crippen LogP contribution in [0.3, 0.4) is 0 Å². The molecule has 0 bridgehead atoms. The molecule has 1 aliphatic heterocycles. The van der Waals surface area contributed by atoms with Gasteiger partial charge in [0.05, 0.1) is 5.52 Å². The molecule has 3 aromatic rings.